The second kappa shape index (κ2) is 2.95. The molecule has 2 aliphatic rings. The zero-order chi connectivity index (χ0) is 9.54. The molecule has 1 aromatic rings. The Kier molecular flexibility index (Phi) is 1.74. The lowest BCUT2D eigenvalue weighted by molar-refractivity contribution is 0.281. The van der Waals surface area contributed by atoms with Crippen LogP contribution >= 0.6 is 0 Å². The smallest absolute Gasteiger partial charge is 0.128 e. The first kappa shape index (κ1) is 8.24. The van der Waals surface area contributed by atoms with Crippen molar-refractivity contribution in [3.8, 4) is 0 Å². The van der Waals surface area contributed by atoms with Crippen LogP contribution in [-0.4, -0.2) is 23.2 Å². The number of pyridine rings is 1. The average molecular weight is 190 g/mol. The summed E-state index contributed by atoms with van der Waals surface area (Å²) in [5, 5.41) is 8.89. The number of aliphatic hydroxyl groups excluding tert-OH is 1. The van der Waals surface area contributed by atoms with Crippen LogP contribution in [0.3, 0.4) is 0 Å². The molecule has 3 rings (SSSR count). The Labute approximate surface area is 83.4 Å². The molecule has 1 saturated heterocycles. The predicted octanol–water partition coefficient (Wildman–Crippen LogP) is 1.03. The van der Waals surface area contributed by atoms with Gasteiger partial charge in [0.25, 0.3) is 0 Å². The van der Waals surface area contributed by atoms with Crippen LogP contribution in [0.2, 0.25) is 0 Å². The van der Waals surface area contributed by atoms with Crippen LogP contribution in [0.4, 0.5) is 5.82 Å². The van der Waals surface area contributed by atoms with Crippen molar-refractivity contribution in [2.45, 2.75) is 13.0 Å². The van der Waals surface area contributed by atoms with Crippen LogP contribution in [0.1, 0.15) is 12.0 Å². The number of rotatable bonds is 2. The fourth-order valence-corrected chi connectivity index (χ4v) is 2.28. The maximum Gasteiger partial charge on any atom is 0.128 e. The maximum absolute atomic E-state index is 8.89. The lowest BCUT2D eigenvalue weighted by Crippen LogP contribution is -2.22. The minimum Gasteiger partial charge on any atom is -0.392 e. The molecule has 2 atom stereocenters. The van der Waals surface area contributed by atoms with E-state index in [1.807, 2.05) is 12.1 Å². The number of hydrogen-bond donors (Lipinski definition) is 1. The zero-order valence-electron chi connectivity index (χ0n) is 8.06. The molecule has 1 N–H and O–H groups in total. The quantitative estimate of drug-likeness (QED) is 0.756. The third-order valence-electron chi connectivity index (χ3n) is 3.29. The minimum absolute atomic E-state index is 0.0819. The maximum atomic E-state index is 8.89. The van der Waals surface area contributed by atoms with E-state index in [0.717, 1.165) is 23.2 Å². The van der Waals surface area contributed by atoms with Crippen LogP contribution in [0.5, 0.6) is 0 Å². The highest BCUT2D eigenvalue weighted by Gasteiger charge is 2.45. The summed E-state index contributed by atoms with van der Waals surface area (Å²) in [6.07, 6.45) is 3.19. The molecule has 0 aromatic carbocycles. The summed E-state index contributed by atoms with van der Waals surface area (Å²) < 4.78 is 0. The first-order chi connectivity index (χ1) is 6.86. The van der Waals surface area contributed by atoms with Crippen molar-refractivity contribution >= 4 is 5.82 Å². The van der Waals surface area contributed by atoms with E-state index in [1.54, 1.807) is 6.20 Å². The largest absolute Gasteiger partial charge is 0.392 e. The lowest BCUT2D eigenvalue weighted by Gasteiger charge is -2.18. The predicted molar refractivity (Wildman–Crippen MR) is 54.0 cm³/mol. The van der Waals surface area contributed by atoms with Crippen LogP contribution in [0.25, 0.3) is 0 Å². The summed E-state index contributed by atoms with van der Waals surface area (Å²) in [5.41, 5.74) is 0.887. The van der Waals surface area contributed by atoms with Crippen LogP contribution in [0, 0.1) is 11.8 Å². The summed E-state index contributed by atoms with van der Waals surface area (Å²) in [6.45, 7) is 2.44. The number of aromatic nitrogens is 1. The van der Waals surface area contributed by atoms with Gasteiger partial charge in [-0.2, -0.15) is 0 Å². The van der Waals surface area contributed by atoms with Gasteiger partial charge in [-0.15, -0.1) is 0 Å². The van der Waals surface area contributed by atoms with Crippen molar-refractivity contribution in [2.24, 2.45) is 11.8 Å². The van der Waals surface area contributed by atoms with Crippen molar-refractivity contribution in [1.82, 2.24) is 4.98 Å². The van der Waals surface area contributed by atoms with Crippen molar-refractivity contribution in [3.05, 3.63) is 23.9 Å². The van der Waals surface area contributed by atoms with E-state index in [2.05, 4.69) is 9.88 Å². The number of fused-ring (bicyclic) bond motifs is 1. The van der Waals surface area contributed by atoms with Crippen molar-refractivity contribution < 1.29 is 5.11 Å². The van der Waals surface area contributed by atoms with Gasteiger partial charge in [0.1, 0.15) is 5.82 Å². The summed E-state index contributed by atoms with van der Waals surface area (Å²) in [4.78, 5) is 6.70. The molecule has 0 amide bonds. The molecule has 0 bridgehead atoms. The fraction of sp³-hybridized carbons (Fsp3) is 0.545. The molecule has 0 radical (unpaired) electrons. The van der Waals surface area contributed by atoms with Crippen molar-refractivity contribution in [1.29, 1.82) is 0 Å². The van der Waals surface area contributed by atoms with Gasteiger partial charge >= 0.3 is 0 Å². The number of hydrogen-bond acceptors (Lipinski definition) is 3. The normalized spacial score (nSPS) is 29.1. The molecule has 2 heterocycles. The average Bonchev–Trinajstić information content (AvgIpc) is 2.86. The highest BCUT2D eigenvalue weighted by atomic mass is 16.3. The van der Waals surface area contributed by atoms with Gasteiger partial charge in [-0.3, -0.25) is 0 Å². The Balaban J connectivity index is 1.76. The molecule has 1 aliphatic carbocycles. The minimum atomic E-state index is 0.0819. The highest BCUT2D eigenvalue weighted by Crippen LogP contribution is 2.45. The molecular formula is C11H14N2O. The van der Waals surface area contributed by atoms with Gasteiger partial charge in [0.15, 0.2) is 0 Å². The Morgan fingerprint density at radius 3 is 2.71 bits per heavy atom. The molecule has 2 unspecified atom stereocenters. The molecule has 74 valence electrons. The van der Waals surface area contributed by atoms with Gasteiger partial charge in [-0.25, -0.2) is 4.98 Å². The third kappa shape index (κ3) is 1.28. The number of aliphatic hydroxyl groups is 1. The molecule has 14 heavy (non-hydrogen) atoms. The van der Waals surface area contributed by atoms with Gasteiger partial charge in [-0.05, 0) is 29.9 Å². The van der Waals surface area contributed by atoms with Crippen LogP contribution < -0.4 is 4.90 Å². The summed E-state index contributed by atoms with van der Waals surface area (Å²) in [7, 11) is 0. The molecule has 2 fully saturated rings. The van der Waals surface area contributed by atoms with Crippen molar-refractivity contribution in [2.75, 3.05) is 18.0 Å². The second-order valence-electron chi connectivity index (χ2n) is 4.34. The number of piperidine rings is 1. The second-order valence-corrected chi connectivity index (χ2v) is 4.34. The van der Waals surface area contributed by atoms with E-state index in [9.17, 15) is 0 Å². The van der Waals surface area contributed by atoms with E-state index in [0.29, 0.717) is 0 Å². The Hall–Kier alpha value is -1.09. The topological polar surface area (TPSA) is 36.4 Å². The first-order valence-electron chi connectivity index (χ1n) is 5.17. The van der Waals surface area contributed by atoms with E-state index >= 15 is 0 Å². The third-order valence-corrected chi connectivity index (χ3v) is 3.29. The van der Waals surface area contributed by atoms with Gasteiger partial charge < -0.3 is 10.0 Å². The molecule has 3 nitrogen and oxygen atoms in total. The monoisotopic (exact) mass is 190 g/mol. The molecule has 3 heteroatoms. The summed E-state index contributed by atoms with van der Waals surface area (Å²) in [5.74, 6) is 2.94. The Morgan fingerprint density at radius 2 is 2.14 bits per heavy atom. The molecule has 0 spiro atoms. The van der Waals surface area contributed by atoms with E-state index in [1.165, 1.54) is 19.5 Å². The van der Waals surface area contributed by atoms with Gasteiger partial charge in [0, 0.05) is 19.3 Å². The molecular weight excluding hydrogens is 176 g/mol. The standard InChI is InChI=1S/C11H14N2O/c14-7-8-1-2-11(12-4-8)13-5-9-3-10(9)6-13/h1-2,4,9-10,14H,3,5-7H2. The van der Waals surface area contributed by atoms with Gasteiger partial charge in [0.05, 0.1) is 6.61 Å². The summed E-state index contributed by atoms with van der Waals surface area (Å²) >= 11 is 0. The van der Waals surface area contributed by atoms with Gasteiger partial charge in [-0.1, -0.05) is 6.07 Å². The van der Waals surface area contributed by atoms with Crippen molar-refractivity contribution in [3.63, 3.8) is 0 Å². The zero-order valence-corrected chi connectivity index (χ0v) is 8.06. The number of nitrogens with zero attached hydrogens (tertiary/aromatic N) is 2. The van der Waals surface area contributed by atoms with E-state index < -0.39 is 0 Å². The Morgan fingerprint density at radius 1 is 1.36 bits per heavy atom. The first-order valence-corrected chi connectivity index (χ1v) is 5.17. The van der Waals surface area contributed by atoms with E-state index in [-0.39, 0.29) is 6.61 Å². The fourth-order valence-electron chi connectivity index (χ4n) is 2.28. The van der Waals surface area contributed by atoms with Gasteiger partial charge in [0.2, 0.25) is 0 Å². The molecule has 1 aliphatic heterocycles. The van der Waals surface area contributed by atoms with E-state index in [4.69, 9.17) is 5.11 Å². The van der Waals surface area contributed by atoms with Crippen LogP contribution in [0.15, 0.2) is 18.3 Å². The Bertz CT molecular complexity index is 326. The molecule has 1 aromatic heterocycles. The number of anilines is 1. The summed E-state index contributed by atoms with van der Waals surface area (Å²) in [6, 6.07) is 3.96. The lowest BCUT2D eigenvalue weighted by atomic mass is 10.3. The highest BCUT2D eigenvalue weighted by molar-refractivity contribution is 5.42. The molecule has 1 saturated carbocycles. The SMILES string of the molecule is OCc1ccc(N2CC3CC3C2)nc1. The van der Waals surface area contributed by atoms with Crippen LogP contribution in [-0.2, 0) is 6.61 Å².